The predicted molar refractivity (Wildman–Crippen MR) is 101 cm³/mol. The van der Waals surface area contributed by atoms with Gasteiger partial charge in [0.05, 0.1) is 0 Å². The molecule has 0 heterocycles. The van der Waals surface area contributed by atoms with Gasteiger partial charge in [-0.3, -0.25) is 13.7 Å². The van der Waals surface area contributed by atoms with Crippen LogP contribution in [-0.2, 0) is 30.4 Å². The summed E-state index contributed by atoms with van der Waals surface area (Å²) in [4.78, 5) is -2.81. The first-order valence-corrected chi connectivity index (χ1v) is 11.9. The van der Waals surface area contributed by atoms with E-state index >= 15 is 0 Å². The molecule has 0 atom stereocenters. The van der Waals surface area contributed by atoms with Crippen LogP contribution in [0.15, 0.2) is 51.1 Å². The summed E-state index contributed by atoms with van der Waals surface area (Å²) in [5.74, 6) is -0.535. The molecule has 0 saturated heterocycles. The van der Waals surface area contributed by atoms with E-state index in [0.29, 0.717) is 0 Å². The summed E-state index contributed by atoms with van der Waals surface area (Å²) in [7, 11) is -15.0. The Morgan fingerprint density at radius 3 is 1.69 bits per heavy atom. The summed E-state index contributed by atoms with van der Waals surface area (Å²) in [5.41, 5.74) is 0. The Morgan fingerprint density at radius 2 is 1.14 bits per heavy atom. The van der Waals surface area contributed by atoms with Gasteiger partial charge in [-0.25, -0.2) is 0 Å². The fourth-order valence-electron chi connectivity index (χ4n) is 3.54. The largest absolute Gasteiger partial charge is 0.507 e. The normalized spacial score (nSPS) is 13.6. The van der Waals surface area contributed by atoms with Crippen LogP contribution >= 0.6 is 0 Å². The Balaban J connectivity index is 2.43. The lowest BCUT2D eigenvalue weighted by Crippen LogP contribution is -2.10. The van der Waals surface area contributed by atoms with Crippen molar-refractivity contribution >= 4 is 62.7 Å². The van der Waals surface area contributed by atoms with Crippen LogP contribution in [0.2, 0.25) is 0 Å². The lowest BCUT2D eigenvalue weighted by molar-refractivity contribution is 0.468. The first-order valence-electron chi connectivity index (χ1n) is 7.61. The van der Waals surface area contributed by atoms with Gasteiger partial charge in [0.15, 0.2) is 0 Å². The monoisotopic (exact) mass is 458 g/mol. The molecule has 4 aromatic carbocycles. The molecule has 0 aliphatic rings. The SMILES string of the molecule is O=S(=O)(O)c1cc2ccc3c(O)cc(S(=O)(=O)O)c4ccc(c1S(=O)(=O)O)c2c34. The van der Waals surface area contributed by atoms with Crippen molar-refractivity contribution in [2.75, 3.05) is 0 Å². The van der Waals surface area contributed by atoms with Crippen LogP contribution in [0, 0.1) is 0 Å². The van der Waals surface area contributed by atoms with E-state index < -0.39 is 50.8 Å². The highest BCUT2D eigenvalue weighted by Crippen LogP contribution is 2.44. The third-order valence-electron chi connectivity index (χ3n) is 4.57. The fraction of sp³-hybridized carbons (Fsp3) is 0. The van der Waals surface area contributed by atoms with Crippen molar-refractivity contribution in [1.82, 2.24) is 0 Å². The van der Waals surface area contributed by atoms with Crippen molar-refractivity contribution in [3.05, 3.63) is 36.4 Å². The van der Waals surface area contributed by atoms with Crippen LogP contribution in [0.1, 0.15) is 0 Å². The van der Waals surface area contributed by atoms with E-state index in [2.05, 4.69) is 0 Å². The summed E-state index contributed by atoms with van der Waals surface area (Å²) in [6.45, 7) is 0. The van der Waals surface area contributed by atoms with Gasteiger partial charge in [-0.15, -0.1) is 0 Å². The molecule has 0 bridgehead atoms. The highest BCUT2D eigenvalue weighted by molar-refractivity contribution is 7.89. The number of rotatable bonds is 3. The quantitative estimate of drug-likeness (QED) is 0.262. The third kappa shape index (κ3) is 2.90. The second-order valence-corrected chi connectivity index (χ2v) is 10.4. The van der Waals surface area contributed by atoms with Crippen molar-refractivity contribution < 1.29 is 44.0 Å². The number of hydrogen-bond acceptors (Lipinski definition) is 7. The lowest BCUT2D eigenvalue weighted by Gasteiger charge is -2.17. The average molecular weight is 458 g/mol. The number of phenols is 1. The molecule has 0 unspecified atom stereocenters. The molecule has 0 saturated carbocycles. The molecule has 0 radical (unpaired) electrons. The first-order chi connectivity index (χ1) is 13.2. The van der Waals surface area contributed by atoms with Crippen molar-refractivity contribution in [3.63, 3.8) is 0 Å². The predicted octanol–water partition coefficient (Wildman–Crippen LogP) is 2.03. The Bertz CT molecular complexity index is 1670. The Hall–Kier alpha value is -2.55. The zero-order valence-electron chi connectivity index (χ0n) is 13.9. The number of hydrogen-bond donors (Lipinski definition) is 4. The molecular weight excluding hydrogens is 448 g/mol. The van der Waals surface area contributed by atoms with Gasteiger partial charge in [0.2, 0.25) is 0 Å². The average Bonchev–Trinajstić information content (AvgIpc) is 2.57. The summed E-state index contributed by atoms with van der Waals surface area (Å²) >= 11 is 0. The highest BCUT2D eigenvalue weighted by Gasteiger charge is 2.30. The maximum absolute atomic E-state index is 11.9. The minimum Gasteiger partial charge on any atom is -0.507 e. The summed E-state index contributed by atoms with van der Waals surface area (Å²) in [6.07, 6.45) is 0. The molecule has 0 aliphatic heterocycles. The molecule has 13 heteroatoms. The molecule has 29 heavy (non-hydrogen) atoms. The van der Waals surface area contributed by atoms with Gasteiger partial charge in [0, 0.05) is 27.6 Å². The molecule has 4 N–H and O–H groups in total. The molecular formula is C16H10O10S3. The van der Waals surface area contributed by atoms with Crippen molar-refractivity contribution in [1.29, 1.82) is 0 Å². The van der Waals surface area contributed by atoms with Crippen molar-refractivity contribution in [3.8, 4) is 5.75 Å². The van der Waals surface area contributed by atoms with Gasteiger partial charge < -0.3 is 5.11 Å². The molecule has 4 rings (SSSR count). The highest BCUT2D eigenvalue weighted by atomic mass is 32.2. The van der Waals surface area contributed by atoms with Gasteiger partial charge in [0.1, 0.15) is 20.4 Å². The summed E-state index contributed by atoms with van der Waals surface area (Å²) in [6, 6.07) is 6.40. The van der Waals surface area contributed by atoms with Gasteiger partial charge >= 0.3 is 0 Å². The smallest absolute Gasteiger partial charge is 0.296 e. The molecule has 10 nitrogen and oxygen atoms in total. The van der Waals surface area contributed by atoms with Crippen LogP contribution < -0.4 is 0 Å². The molecule has 0 aliphatic carbocycles. The zero-order chi connectivity index (χ0) is 21.5. The number of aromatic hydroxyl groups is 1. The van der Waals surface area contributed by atoms with Crippen molar-refractivity contribution in [2.45, 2.75) is 14.7 Å². The Morgan fingerprint density at radius 1 is 0.586 bits per heavy atom. The maximum atomic E-state index is 11.9. The first kappa shape index (κ1) is 19.8. The second kappa shape index (κ2) is 5.75. The van der Waals surface area contributed by atoms with Crippen molar-refractivity contribution in [2.24, 2.45) is 0 Å². The molecule has 0 spiro atoms. The topological polar surface area (TPSA) is 183 Å². The Labute approximate surface area is 163 Å². The Kier molecular flexibility index (Phi) is 3.91. The van der Waals surface area contributed by atoms with E-state index in [1.54, 1.807) is 0 Å². The molecule has 0 amide bonds. The maximum Gasteiger partial charge on any atom is 0.296 e. The molecule has 0 fully saturated rings. The molecule has 152 valence electrons. The minimum absolute atomic E-state index is 0.000764. The van der Waals surface area contributed by atoms with Gasteiger partial charge in [-0.1, -0.05) is 24.3 Å². The number of benzene rings is 4. The standard InChI is InChI=1S/C16H10O10S3/c17-11-6-12(27(18,19)20)9-3-4-10-14-7(1-2-8(11)15(9)14)5-13(28(21,22)23)16(10)29(24,25)26/h1-6,17H,(H,18,19,20)(H,21,22,23)(H,24,25,26). The van der Waals surface area contributed by atoms with Gasteiger partial charge in [0.25, 0.3) is 30.4 Å². The summed E-state index contributed by atoms with van der Waals surface area (Å²) in [5, 5.41) is 10.0. The van der Waals surface area contributed by atoms with Crippen LogP contribution in [0.4, 0.5) is 0 Å². The zero-order valence-corrected chi connectivity index (χ0v) is 16.4. The van der Waals surface area contributed by atoms with E-state index in [1.165, 1.54) is 12.1 Å². The summed E-state index contributed by atoms with van der Waals surface area (Å²) < 4.78 is 99.4. The van der Waals surface area contributed by atoms with Gasteiger partial charge in [-0.05, 0) is 16.8 Å². The van der Waals surface area contributed by atoms with Gasteiger partial charge in [-0.2, -0.15) is 25.3 Å². The van der Waals surface area contributed by atoms with Crippen LogP contribution in [0.5, 0.6) is 5.75 Å². The van der Waals surface area contributed by atoms with Crippen LogP contribution in [0.3, 0.4) is 0 Å². The van der Waals surface area contributed by atoms with E-state index in [9.17, 15) is 44.0 Å². The lowest BCUT2D eigenvalue weighted by atomic mass is 9.94. The molecule has 0 aromatic heterocycles. The second-order valence-electron chi connectivity index (χ2n) is 6.27. The van der Waals surface area contributed by atoms with Crippen LogP contribution in [-0.4, -0.2) is 44.0 Å². The van der Waals surface area contributed by atoms with E-state index in [1.807, 2.05) is 0 Å². The third-order valence-corrected chi connectivity index (χ3v) is 7.43. The van der Waals surface area contributed by atoms with E-state index in [0.717, 1.165) is 24.3 Å². The number of phenolic OH excluding ortho intramolecular Hbond substituents is 1. The van der Waals surface area contributed by atoms with E-state index in [4.69, 9.17) is 0 Å². The minimum atomic E-state index is -5.16. The van der Waals surface area contributed by atoms with E-state index in [-0.39, 0.29) is 32.3 Å². The fourth-order valence-corrected chi connectivity index (χ4v) is 6.26. The molecule has 4 aromatic rings. The van der Waals surface area contributed by atoms with Crippen LogP contribution in [0.25, 0.3) is 32.3 Å².